The normalized spacial score (nSPS) is 11.8. The number of hydrogen-bond acceptors (Lipinski definition) is 3. The molecule has 2 aromatic heterocycles. The second-order valence-electron chi connectivity index (χ2n) is 6.93. The molecule has 0 saturated carbocycles. The Kier molecular flexibility index (Phi) is 3.57. The molecule has 0 fully saturated rings. The molecule has 3 rings (SSSR count). The van der Waals surface area contributed by atoms with E-state index in [1.807, 2.05) is 18.3 Å². The zero-order chi connectivity index (χ0) is 15.7. The van der Waals surface area contributed by atoms with Crippen LogP contribution in [0.15, 0.2) is 48.8 Å². The Morgan fingerprint density at radius 1 is 1.09 bits per heavy atom. The summed E-state index contributed by atoms with van der Waals surface area (Å²) in [7, 11) is 0. The van der Waals surface area contributed by atoms with Crippen LogP contribution in [0.25, 0.3) is 22.0 Å². The van der Waals surface area contributed by atoms with Crippen molar-refractivity contribution in [3.63, 3.8) is 0 Å². The number of fused-ring (bicyclic) bond motifs is 1. The van der Waals surface area contributed by atoms with Gasteiger partial charge < -0.3 is 5.73 Å². The van der Waals surface area contributed by atoms with E-state index in [9.17, 15) is 0 Å². The van der Waals surface area contributed by atoms with Gasteiger partial charge in [-0.1, -0.05) is 39.0 Å². The van der Waals surface area contributed by atoms with Crippen molar-refractivity contribution in [1.29, 1.82) is 0 Å². The Hall–Kier alpha value is -2.42. The van der Waals surface area contributed by atoms with E-state index in [0.717, 1.165) is 28.5 Å². The van der Waals surface area contributed by atoms with Gasteiger partial charge in [-0.05, 0) is 35.6 Å². The van der Waals surface area contributed by atoms with Crippen LogP contribution in [-0.2, 0) is 6.42 Å². The van der Waals surface area contributed by atoms with Gasteiger partial charge in [-0.15, -0.1) is 0 Å². The summed E-state index contributed by atoms with van der Waals surface area (Å²) in [6.07, 6.45) is 4.59. The largest absolute Gasteiger partial charge is 0.383 e. The highest BCUT2D eigenvalue weighted by Crippen LogP contribution is 2.29. The first-order chi connectivity index (χ1) is 10.4. The molecule has 0 bridgehead atoms. The summed E-state index contributed by atoms with van der Waals surface area (Å²) in [5.41, 5.74) is 10.6. The monoisotopic (exact) mass is 291 g/mol. The van der Waals surface area contributed by atoms with Gasteiger partial charge in [0.2, 0.25) is 0 Å². The molecule has 1 aromatic carbocycles. The molecule has 0 spiro atoms. The van der Waals surface area contributed by atoms with Gasteiger partial charge in [-0.3, -0.25) is 4.98 Å². The molecular formula is C19H21N3. The summed E-state index contributed by atoms with van der Waals surface area (Å²) in [5, 5.41) is 1.10. The number of pyridine rings is 2. The Morgan fingerprint density at radius 3 is 2.59 bits per heavy atom. The van der Waals surface area contributed by atoms with Gasteiger partial charge in [0.1, 0.15) is 5.82 Å². The minimum atomic E-state index is 0.259. The zero-order valence-corrected chi connectivity index (χ0v) is 13.3. The topological polar surface area (TPSA) is 51.8 Å². The van der Waals surface area contributed by atoms with Gasteiger partial charge in [0.05, 0.1) is 5.52 Å². The summed E-state index contributed by atoms with van der Waals surface area (Å²) in [6.45, 7) is 6.72. The minimum Gasteiger partial charge on any atom is -0.383 e. The molecule has 3 heteroatoms. The number of hydrogen-bond donors (Lipinski definition) is 1. The van der Waals surface area contributed by atoms with Crippen molar-refractivity contribution in [2.75, 3.05) is 5.73 Å². The fourth-order valence-electron chi connectivity index (χ4n) is 2.70. The maximum Gasteiger partial charge on any atom is 0.132 e. The number of aromatic nitrogens is 2. The number of nitrogens with zero attached hydrogens (tertiary/aromatic N) is 2. The molecule has 22 heavy (non-hydrogen) atoms. The average Bonchev–Trinajstić information content (AvgIpc) is 2.45. The summed E-state index contributed by atoms with van der Waals surface area (Å²) < 4.78 is 0. The lowest BCUT2D eigenvalue weighted by Gasteiger charge is -2.18. The van der Waals surface area contributed by atoms with Crippen molar-refractivity contribution >= 4 is 16.7 Å². The van der Waals surface area contributed by atoms with Gasteiger partial charge in [0, 0.05) is 28.9 Å². The maximum atomic E-state index is 6.16. The van der Waals surface area contributed by atoms with Crippen molar-refractivity contribution in [3.8, 4) is 11.1 Å². The van der Waals surface area contributed by atoms with E-state index < -0.39 is 0 Å². The Balaban J connectivity index is 2.07. The number of rotatable bonds is 2. The van der Waals surface area contributed by atoms with E-state index >= 15 is 0 Å². The van der Waals surface area contributed by atoms with E-state index in [2.05, 4.69) is 55.0 Å². The van der Waals surface area contributed by atoms with Gasteiger partial charge in [0.25, 0.3) is 0 Å². The molecule has 2 N–H and O–H groups in total. The van der Waals surface area contributed by atoms with Crippen molar-refractivity contribution in [2.24, 2.45) is 5.41 Å². The highest BCUT2D eigenvalue weighted by molar-refractivity contribution is 5.88. The predicted octanol–water partition coefficient (Wildman–Crippen LogP) is 4.47. The highest BCUT2D eigenvalue weighted by atomic mass is 14.8. The molecule has 112 valence electrons. The molecule has 2 heterocycles. The second kappa shape index (κ2) is 5.41. The summed E-state index contributed by atoms with van der Waals surface area (Å²) >= 11 is 0. The third-order valence-electron chi connectivity index (χ3n) is 3.62. The van der Waals surface area contributed by atoms with Crippen molar-refractivity contribution < 1.29 is 0 Å². The van der Waals surface area contributed by atoms with Crippen LogP contribution in [0, 0.1) is 5.41 Å². The van der Waals surface area contributed by atoms with Crippen LogP contribution in [-0.4, -0.2) is 9.97 Å². The number of nitrogens with two attached hydrogens (primary N) is 1. The van der Waals surface area contributed by atoms with Crippen molar-refractivity contribution in [3.05, 3.63) is 54.4 Å². The third-order valence-corrected chi connectivity index (χ3v) is 3.62. The lowest BCUT2D eigenvalue weighted by Crippen LogP contribution is -2.09. The molecular weight excluding hydrogens is 270 g/mol. The predicted molar refractivity (Wildman–Crippen MR) is 92.5 cm³/mol. The second-order valence-corrected chi connectivity index (χ2v) is 6.93. The van der Waals surface area contributed by atoms with Gasteiger partial charge in [-0.2, -0.15) is 0 Å². The van der Waals surface area contributed by atoms with E-state index in [4.69, 9.17) is 5.73 Å². The van der Waals surface area contributed by atoms with Gasteiger partial charge in [0.15, 0.2) is 0 Å². The molecule has 0 atom stereocenters. The number of benzene rings is 1. The van der Waals surface area contributed by atoms with Crippen LogP contribution in [0.4, 0.5) is 5.82 Å². The van der Waals surface area contributed by atoms with E-state index in [-0.39, 0.29) is 5.41 Å². The molecule has 0 radical (unpaired) electrons. The number of nitrogen functional groups attached to an aromatic ring is 1. The fraction of sp³-hybridized carbons (Fsp3) is 0.263. The molecule has 0 aliphatic rings. The SMILES string of the molecule is CC(C)(C)Cc1ccc2cc(-c3cccnc3)c(N)nc2c1. The van der Waals surface area contributed by atoms with E-state index in [0.29, 0.717) is 5.82 Å². The quantitative estimate of drug-likeness (QED) is 0.758. The Labute approximate surface area is 131 Å². The van der Waals surface area contributed by atoms with Crippen molar-refractivity contribution in [2.45, 2.75) is 27.2 Å². The molecule has 0 aliphatic carbocycles. The standard InChI is InChI=1S/C19H21N3/c1-19(2,3)11-13-6-7-14-10-16(15-5-4-8-21-12-15)18(20)22-17(14)9-13/h4-10,12H,11H2,1-3H3,(H2,20,22). The van der Waals surface area contributed by atoms with Crippen LogP contribution < -0.4 is 5.73 Å². The summed E-state index contributed by atoms with van der Waals surface area (Å²) in [4.78, 5) is 8.75. The minimum absolute atomic E-state index is 0.259. The fourth-order valence-corrected chi connectivity index (χ4v) is 2.70. The lowest BCUT2D eigenvalue weighted by molar-refractivity contribution is 0.411. The third kappa shape index (κ3) is 3.08. The van der Waals surface area contributed by atoms with Crippen LogP contribution in [0.5, 0.6) is 0 Å². The lowest BCUT2D eigenvalue weighted by atomic mass is 9.88. The Bertz CT molecular complexity index is 802. The average molecular weight is 291 g/mol. The summed E-state index contributed by atoms with van der Waals surface area (Å²) in [5.74, 6) is 0.549. The molecule has 3 aromatic rings. The molecule has 0 saturated heterocycles. The van der Waals surface area contributed by atoms with Gasteiger partial charge in [-0.25, -0.2) is 4.98 Å². The molecule has 0 amide bonds. The molecule has 0 unspecified atom stereocenters. The first-order valence-electron chi connectivity index (χ1n) is 7.52. The van der Waals surface area contributed by atoms with Crippen molar-refractivity contribution in [1.82, 2.24) is 9.97 Å². The van der Waals surface area contributed by atoms with E-state index in [1.54, 1.807) is 6.20 Å². The van der Waals surface area contributed by atoms with E-state index in [1.165, 1.54) is 5.56 Å². The first kappa shape index (κ1) is 14.5. The first-order valence-corrected chi connectivity index (χ1v) is 7.52. The van der Waals surface area contributed by atoms with Crippen LogP contribution >= 0.6 is 0 Å². The van der Waals surface area contributed by atoms with Gasteiger partial charge >= 0.3 is 0 Å². The smallest absolute Gasteiger partial charge is 0.132 e. The maximum absolute atomic E-state index is 6.16. The zero-order valence-electron chi connectivity index (χ0n) is 13.3. The summed E-state index contributed by atoms with van der Waals surface area (Å²) in [6, 6.07) is 12.5. The Morgan fingerprint density at radius 2 is 1.91 bits per heavy atom. The highest BCUT2D eigenvalue weighted by Gasteiger charge is 2.12. The van der Waals surface area contributed by atoms with Crippen LogP contribution in [0.3, 0.4) is 0 Å². The molecule has 3 nitrogen and oxygen atoms in total. The molecule has 0 aliphatic heterocycles. The number of anilines is 1. The van der Waals surface area contributed by atoms with Crippen LogP contribution in [0.2, 0.25) is 0 Å². The van der Waals surface area contributed by atoms with Crippen LogP contribution in [0.1, 0.15) is 26.3 Å².